The maximum Gasteiger partial charge on any atom is 0.255 e. The second kappa shape index (κ2) is 8.67. The molecule has 1 saturated heterocycles. The molecule has 0 radical (unpaired) electrons. The van der Waals surface area contributed by atoms with Crippen LogP contribution in [0.5, 0.6) is 0 Å². The Bertz CT molecular complexity index is 679. The van der Waals surface area contributed by atoms with Gasteiger partial charge in [0.2, 0.25) is 0 Å². The van der Waals surface area contributed by atoms with Gasteiger partial charge in [-0.15, -0.1) is 0 Å². The number of likely N-dealkylation sites (tertiary alicyclic amines) is 1. The van der Waals surface area contributed by atoms with Crippen LogP contribution in [0, 0.1) is 5.92 Å². The van der Waals surface area contributed by atoms with Crippen LogP contribution in [0.3, 0.4) is 0 Å². The number of amides is 1. The van der Waals surface area contributed by atoms with Crippen LogP contribution in [0.25, 0.3) is 0 Å². The van der Waals surface area contributed by atoms with Gasteiger partial charge in [0.1, 0.15) is 0 Å². The molecule has 1 fully saturated rings. The van der Waals surface area contributed by atoms with Crippen LogP contribution >= 0.6 is 0 Å². The summed E-state index contributed by atoms with van der Waals surface area (Å²) < 4.78 is 0. The lowest BCUT2D eigenvalue weighted by Crippen LogP contribution is -2.39. The van der Waals surface area contributed by atoms with Gasteiger partial charge in [-0.1, -0.05) is 30.3 Å². The highest BCUT2D eigenvalue weighted by Gasteiger charge is 2.24. The average Bonchev–Trinajstić information content (AvgIpc) is 2.67. The maximum absolute atomic E-state index is 13.0. The molecule has 4 nitrogen and oxygen atoms in total. The Kier molecular flexibility index (Phi) is 6.07. The predicted octanol–water partition coefficient (Wildman–Crippen LogP) is 3.89. The Hall–Kier alpha value is -2.33. The Morgan fingerprint density at radius 1 is 1.04 bits per heavy atom. The maximum atomic E-state index is 13.0. The van der Waals surface area contributed by atoms with Crippen molar-refractivity contribution in [1.29, 1.82) is 0 Å². The minimum Gasteiger partial charge on any atom is -0.355 e. The van der Waals surface area contributed by atoms with E-state index in [4.69, 9.17) is 0 Å². The lowest BCUT2D eigenvalue weighted by Gasteiger charge is -2.32. The van der Waals surface area contributed by atoms with Crippen LogP contribution < -0.4 is 10.6 Å². The third kappa shape index (κ3) is 4.60. The minimum atomic E-state index is 0.131. The molecule has 25 heavy (non-hydrogen) atoms. The van der Waals surface area contributed by atoms with E-state index < -0.39 is 0 Å². The number of anilines is 2. The lowest BCUT2D eigenvalue weighted by atomic mass is 9.93. The topological polar surface area (TPSA) is 44.4 Å². The van der Waals surface area contributed by atoms with Crippen molar-refractivity contribution in [2.45, 2.75) is 19.3 Å². The summed E-state index contributed by atoms with van der Waals surface area (Å²) in [7, 11) is 2.00. The van der Waals surface area contributed by atoms with Gasteiger partial charge in [0.25, 0.3) is 5.91 Å². The van der Waals surface area contributed by atoms with Crippen LogP contribution in [0.1, 0.15) is 29.6 Å². The van der Waals surface area contributed by atoms with Gasteiger partial charge in [0.15, 0.2) is 0 Å². The van der Waals surface area contributed by atoms with E-state index in [0.29, 0.717) is 0 Å². The number of para-hydroxylation sites is 2. The summed E-state index contributed by atoms with van der Waals surface area (Å²) in [5.41, 5.74) is 2.62. The first-order valence-electron chi connectivity index (χ1n) is 9.13. The van der Waals surface area contributed by atoms with Gasteiger partial charge in [0.05, 0.1) is 11.3 Å². The zero-order valence-electron chi connectivity index (χ0n) is 14.9. The lowest BCUT2D eigenvalue weighted by molar-refractivity contribution is 0.0688. The van der Waals surface area contributed by atoms with Gasteiger partial charge in [-0.2, -0.15) is 0 Å². The van der Waals surface area contributed by atoms with E-state index in [2.05, 4.69) is 10.6 Å². The van der Waals surface area contributed by atoms with Gasteiger partial charge in [-0.25, -0.2) is 0 Å². The van der Waals surface area contributed by atoms with Crippen molar-refractivity contribution in [3.8, 4) is 0 Å². The highest BCUT2D eigenvalue weighted by molar-refractivity contribution is 6.00. The first-order valence-corrected chi connectivity index (χ1v) is 9.13. The molecule has 0 atom stereocenters. The molecule has 1 amide bonds. The predicted molar refractivity (Wildman–Crippen MR) is 103 cm³/mol. The van der Waals surface area contributed by atoms with Crippen molar-refractivity contribution in [3.05, 3.63) is 60.2 Å². The molecule has 132 valence electrons. The Morgan fingerprint density at radius 3 is 2.44 bits per heavy atom. The van der Waals surface area contributed by atoms with Crippen LogP contribution in [0.2, 0.25) is 0 Å². The molecule has 0 spiro atoms. The summed E-state index contributed by atoms with van der Waals surface area (Å²) in [5.74, 6) is 0.861. The van der Waals surface area contributed by atoms with E-state index in [-0.39, 0.29) is 5.91 Å². The average molecular weight is 337 g/mol. The summed E-state index contributed by atoms with van der Waals surface area (Å²) in [6, 6.07) is 17.8. The zero-order valence-corrected chi connectivity index (χ0v) is 14.9. The molecular formula is C21H27N3O. The summed E-state index contributed by atoms with van der Waals surface area (Å²) in [6.45, 7) is 2.77. The molecule has 3 rings (SSSR count). The molecule has 2 aromatic carbocycles. The van der Waals surface area contributed by atoms with Gasteiger partial charge in [-0.3, -0.25) is 4.79 Å². The molecule has 0 saturated carbocycles. The number of benzene rings is 2. The fourth-order valence-electron chi connectivity index (χ4n) is 3.40. The number of nitrogens with one attached hydrogen (secondary N) is 2. The number of carbonyl (C=O) groups excluding carboxylic acids is 1. The molecule has 1 aliphatic heterocycles. The first-order chi connectivity index (χ1) is 12.3. The molecule has 2 N–H and O–H groups in total. The van der Waals surface area contributed by atoms with Crippen molar-refractivity contribution in [2.75, 3.05) is 32.0 Å². The summed E-state index contributed by atoms with van der Waals surface area (Å²) in [5, 5.41) is 6.59. The van der Waals surface area contributed by atoms with E-state index in [1.165, 1.54) is 6.42 Å². The van der Waals surface area contributed by atoms with Crippen LogP contribution in [-0.4, -0.2) is 37.5 Å². The van der Waals surface area contributed by atoms with Crippen molar-refractivity contribution in [3.63, 3.8) is 0 Å². The molecule has 1 aliphatic rings. The van der Waals surface area contributed by atoms with E-state index in [9.17, 15) is 4.79 Å². The Morgan fingerprint density at radius 2 is 1.72 bits per heavy atom. The van der Waals surface area contributed by atoms with E-state index >= 15 is 0 Å². The largest absolute Gasteiger partial charge is 0.355 e. The van der Waals surface area contributed by atoms with E-state index in [0.717, 1.165) is 55.3 Å². The Labute approximate surface area is 150 Å². The summed E-state index contributed by atoms with van der Waals surface area (Å²) >= 11 is 0. The van der Waals surface area contributed by atoms with Gasteiger partial charge in [0, 0.05) is 18.8 Å². The Balaban J connectivity index is 1.67. The highest BCUT2D eigenvalue weighted by Crippen LogP contribution is 2.25. The molecule has 4 heteroatoms. The number of piperidine rings is 1. The van der Waals surface area contributed by atoms with Gasteiger partial charge < -0.3 is 15.5 Å². The summed E-state index contributed by atoms with van der Waals surface area (Å²) in [6.07, 6.45) is 3.40. The summed E-state index contributed by atoms with van der Waals surface area (Å²) in [4.78, 5) is 15.0. The molecule has 0 aromatic heterocycles. The smallest absolute Gasteiger partial charge is 0.255 e. The number of carbonyl (C=O) groups is 1. The zero-order chi connectivity index (χ0) is 17.5. The molecule has 0 unspecified atom stereocenters. The molecule has 2 aromatic rings. The van der Waals surface area contributed by atoms with E-state index in [1.54, 1.807) is 0 Å². The van der Waals surface area contributed by atoms with Crippen molar-refractivity contribution in [1.82, 2.24) is 10.2 Å². The second-order valence-corrected chi connectivity index (χ2v) is 6.66. The van der Waals surface area contributed by atoms with Crippen LogP contribution in [0.4, 0.5) is 11.4 Å². The molecular weight excluding hydrogens is 310 g/mol. The fourth-order valence-corrected chi connectivity index (χ4v) is 3.40. The third-order valence-corrected chi connectivity index (χ3v) is 4.91. The molecule has 1 heterocycles. The van der Waals surface area contributed by atoms with Crippen molar-refractivity contribution < 1.29 is 4.79 Å². The SMILES string of the molecule is CNCCC1CCN(C(=O)c2ccccc2Nc2ccccc2)CC1. The normalized spacial score (nSPS) is 15.2. The molecule has 0 aliphatic carbocycles. The fraction of sp³-hybridized carbons (Fsp3) is 0.381. The quantitative estimate of drug-likeness (QED) is 0.840. The number of nitrogens with zero attached hydrogens (tertiary/aromatic N) is 1. The minimum absolute atomic E-state index is 0.131. The molecule has 0 bridgehead atoms. The van der Waals surface area contributed by atoms with Gasteiger partial charge >= 0.3 is 0 Å². The highest BCUT2D eigenvalue weighted by atomic mass is 16.2. The number of hydrogen-bond acceptors (Lipinski definition) is 3. The van der Waals surface area contributed by atoms with Crippen LogP contribution in [-0.2, 0) is 0 Å². The monoisotopic (exact) mass is 337 g/mol. The van der Waals surface area contributed by atoms with Gasteiger partial charge in [-0.05, 0) is 63.0 Å². The number of hydrogen-bond donors (Lipinski definition) is 2. The third-order valence-electron chi connectivity index (χ3n) is 4.91. The van der Waals surface area contributed by atoms with Crippen molar-refractivity contribution >= 4 is 17.3 Å². The van der Waals surface area contributed by atoms with Crippen molar-refractivity contribution in [2.24, 2.45) is 5.92 Å². The first kappa shape index (κ1) is 17.5. The van der Waals surface area contributed by atoms with E-state index in [1.807, 2.05) is 66.5 Å². The standard InChI is InChI=1S/C21H27N3O/c1-22-14-11-17-12-15-24(16-13-17)21(25)19-9-5-6-10-20(19)23-18-7-3-2-4-8-18/h2-10,17,22-23H,11-16H2,1H3. The van der Waals surface area contributed by atoms with Crippen LogP contribution in [0.15, 0.2) is 54.6 Å². The second-order valence-electron chi connectivity index (χ2n) is 6.66. The number of rotatable bonds is 6.